The number of esters is 3. The SMILES string of the molecule is CCCCC/C=C\C/C=C\C/C=C\CCCCCCCCC(=O)OC[C@@H](COC(=O)CCCCCCCCCCCC)OC(=O)CCCCCCC/C=C\CCCCC. The Balaban J connectivity index is 4.34. The highest BCUT2D eigenvalue weighted by molar-refractivity contribution is 5.71. The van der Waals surface area contributed by atoms with Crippen molar-refractivity contribution < 1.29 is 28.6 Å². The number of ether oxygens (including phenoxy) is 3. The van der Waals surface area contributed by atoms with E-state index in [1.54, 1.807) is 0 Å². The molecule has 0 saturated heterocycles. The molecule has 0 aromatic rings. The Kier molecular flexibility index (Phi) is 45.9. The van der Waals surface area contributed by atoms with Crippen LogP contribution in [0.2, 0.25) is 0 Å². The van der Waals surface area contributed by atoms with Crippen LogP contribution in [0.5, 0.6) is 0 Å². The Bertz CT molecular complexity index is 1040. The van der Waals surface area contributed by atoms with E-state index in [0.717, 1.165) is 89.9 Å². The van der Waals surface area contributed by atoms with Crippen LogP contribution in [0.1, 0.15) is 252 Å². The number of hydrogen-bond donors (Lipinski definition) is 0. The van der Waals surface area contributed by atoms with E-state index in [2.05, 4.69) is 69.4 Å². The maximum absolute atomic E-state index is 12.7. The number of allylic oxidation sites excluding steroid dienone is 8. The van der Waals surface area contributed by atoms with Gasteiger partial charge in [0.25, 0.3) is 0 Å². The molecule has 0 rings (SSSR count). The maximum atomic E-state index is 12.7. The van der Waals surface area contributed by atoms with Gasteiger partial charge in [-0.1, -0.05) is 198 Å². The highest BCUT2D eigenvalue weighted by atomic mass is 16.6. The fraction of sp³-hybridized carbons (Fsp3) is 0.792. The predicted molar refractivity (Wildman–Crippen MR) is 252 cm³/mol. The number of rotatable bonds is 45. The van der Waals surface area contributed by atoms with Gasteiger partial charge in [-0.15, -0.1) is 0 Å². The zero-order valence-electron chi connectivity index (χ0n) is 39.0. The largest absolute Gasteiger partial charge is 0.462 e. The topological polar surface area (TPSA) is 78.9 Å². The van der Waals surface area contributed by atoms with Crippen molar-refractivity contribution in [3.8, 4) is 0 Å². The van der Waals surface area contributed by atoms with Gasteiger partial charge in [-0.05, 0) is 83.5 Å². The average molecular weight is 827 g/mol. The quantitative estimate of drug-likeness (QED) is 0.0263. The van der Waals surface area contributed by atoms with Crippen LogP contribution >= 0.6 is 0 Å². The third kappa shape index (κ3) is 46.3. The molecule has 0 saturated carbocycles. The van der Waals surface area contributed by atoms with E-state index in [1.807, 2.05) is 0 Å². The summed E-state index contributed by atoms with van der Waals surface area (Å²) >= 11 is 0. The van der Waals surface area contributed by atoms with Crippen molar-refractivity contribution >= 4 is 17.9 Å². The molecule has 0 spiro atoms. The van der Waals surface area contributed by atoms with Gasteiger partial charge in [-0.25, -0.2) is 0 Å². The molecule has 0 fully saturated rings. The van der Waals surface area contributed by atoms with E-state index in [0.29, 0.717) is 19.3 Å². The van der Waals surface area contributed by atoms with Crippen molar-refractivity contribution in [1.82, 2.24) is 0 Å². The molecule has 0 aliphatic carbocycles. The van der Waals surface area contributed by atoms with Crippen LogP contribution in [-0.4, -0.2) is 37.2 Å². The van der Waals surface area contributed by atoms with Gasteiger partial charge in [0.1, 0.15) is 13.2 Å². The van der Waals surface area contributed by atoms with E-state index in [4.69, 9.17) is 14.2 Å². The number of hydrogen-bond acceptors (Lipinski definition) is 6. The monoisotopic (exact) mass is 827 g/mol. The van der Waals surface area contributed by atoms with Crippen molar-refractivity contribution in [2.75, 3.05) is 13.2 Å². The third-order valence-corrected chi connectivity index (χ3v) is 10.8. The van der Waals surface area contributed by atoms with Gasteiger partial charge in [0.15, 0.2) is 6.10 Å². The Morgan fingerprint density at radius 3 is 1.00 bits per heavy atom. The van der Waals surface area contributed by atoms with Gasteiger partial charge in [-0.2, -0.15) is 0 Å². The van der Waals surface area contributed by atoms with Crippen LogP contribution in [-0.2, 0) is 28.6 Å². The second kappa shape index (κ2) is 48.0. The summed E-state index contributed by atoms with van der Waals surface area (Å²) in [5.41, 5.74) is 0. The lowest BCUT2D eigenvalue weighted by Crippen LogP contribution is -2.30. The molecule has 6 nitrogen and oxygen atoms in total. The van der Waals surface area contributed by atoms with Gasteiger partial charge < -0.3 is 14.2 Å². The summed E-state index contributed by atoms with van der Waals surface area (Å²) in [5, 5.41) is 0. The van der Waals surface area contributed by atoms with Crippen molar-refractivity contribution in [2.24, 2.45) is 0 Å². The predicted octanol–water partition coefficient (Wildman–Crippen LogP) is 16.3. The molecule has 0 heterocycles. The van der Waals surface area contributed by atoms with Gasteiger partial charge in [0.05, 0.1) is 0 Å². The molecule has 0 amide bonds. The summed E-state index contributed by atoms with van der Waals surface area (Å²) in [6, 6.07) is 0. The van der Waals surface area contributed by atoms with Gasteiger partial charge in [-0.3, -0.25) is 14.4 Å². The maximum Gasteiger partial charge on any atom is 0.306 e. The van der Waals surface area contributed by atoms with Gasteiger partial charge in [0.2, 0.25) is 0 Å². The smallest absolute Gasteiger partial charge is 0.306 e. The minimum Gasteiger partial charge on any atom is -0.462 e. The summed E-state index contributed by atoms with van der Waals surface area (Å²) in [6.07, 6.45) is 56.6. The lowest BCUT2D eigenvalue weighted by Gasteiger charge is -2.18. The first-order valence-corrected chi connectivity index (χ1v) is 25.1. The fourth-order valence-corrected chi connectivity index (χ4v) is 6.97. The second-order valence-electron chi connectivity index (χ2n) is 16.7. The molecule has 0 bridgehead atoms. The minimum absolute atomic E-state index is 0.0791. The zero-order valence-corrected chi connectivity index (χ0v) is 39.0. The molecule has 59 heavy (non-hydrogen) atoms. The summed E-state index contributed by atoms with van der Waals surface area (Å²) in [5.74, 6) is -0.899. The normalized spacial score (nSPS) is 12.4. The zero-order chi connectivity index (χ0) is 43.0. The Hall–Kier alpha value is -2.63. The first kappa shape index (κ1) is 56.4. The highest BCUT2D eigenvalue weighted by Gasteiger charge is 2.19. The average Bonchev–Trinajstić information content (AvgIpc) is 3.23. The fourth-order valence-electron chi connectivity index (χ4n) is 6.97. The van der Waals surface area contributed by atoms with Gasteiger partial charge in [0, 0.05) is 19.3 Å². The molecule has 0 aliphatic rings. The lowest BCUT2D eigenvalue weighted by molar-refractivity contribution is -0.167. The van der Waals surface area contributed by atoms with E-state index < -0.39 is 6.10 Å². The van der Waals surface area contributed by atoms with Crippen LogP contribution in [0.15, 0.2) is 48.6 Å². The van der Waals surface area contributed by atoms with Crippen LogP contribution in [0, 0.1) is 0 Å². The molecule has 0 aromatic carbocycles. The van der Waals surface area contributed by atoms with Crippen molar-refractivity contribution in [1.29, 1.82) is 0 Å². The molecule has 0 aromatic heterocycles. The summed E-state index contributed by atoms with van der Waals surface area (Å²) in [7, 11) is 0. The minimum atomic E-state index is -0.778. The van der Waals surface area contributed by atoms with E-state index in [9.17, 15) is 14.4 Å². The molecule has 0 aliphatic heterocycles. The standard InChI is InChI=1S/C53H94O6/c1-4-7-10-13-16-19-22-24-25-26-27-28-29-30-32-34-37-40-43-46-52(55)58-49-50(48-57-51(54)45-42-39-36-33-21-18-15-12-9-6-3)59-53(56)47-44-41-38-35-31-23-20-17-14-11-8-5-2/h16-17,19-20,24-25,27-28,50H,4-15,18,21-23,26,29-49H2,1-3H3/b19-16-,20-17-,25-24-,28-27-/t50-/m1/s1. The van der Waals surface area contributed by atoms with Crippen molar-refractivity contribution in [2.45, 2.75) is 258 Å². The Labute approximate surface area is 365 Å². The molecule has 6 heteroatoms. The molecular formula is C53H94O6. The summed E-state index contributed by atoms with van der Waals surface area (Å²) in [4.78, 5) is 37.8. The van der Waals surface area contributed by atoms with Crippen LogP contribution in [0.4, 0.5) is 0 Å². The van der Waals surface area contributed by atoms with Crippen LogP contribution in [0.25, 0.3) is 0 Å². The molecular weight excluding hydrogens is 733 g/mol. The molecule has 0 N–H and O–H groups in total. The lowest BCUT2D eigenvalue weighted by atomic mass is 10.1. The molecule has 342 valence electrons. The van der Waals surface area contributed by atoms with E-state index >= 15 is 0 Å². The highest BCUT2D eigenvalue weighted by Crippen LogP contribution is 2.14. The van der Waals surface area contributed by atoms with E-state index in [1.165, 1.54) is 122 Å². The number of carbonyl (C=O) groups is 3. The molecule has 0 radical (unpaired) electrons. The third-order valence-electron chi connectivity index (χ3n) is 10.8. The van der Waals surface area contributed by atoms with Gasteiger partial charge >= 0.3 is 17.9 Å². The van der Waals surface area contributed by atoms with Crippen LogP contribution in [0.3, 0.4) is 0 Å². The molecule has 1 atom stereocenters. The second-order valence-corrected chi connectivity index (χ2v) is 16.7. The molecule has 0 unspecified atom stereocenters. The number of carbonyl (C=O) groups excluding carboxylic acids is 3. The summed E-state index contributed by atoms with van der Waals surface area (Å²) < 4.78 is 16.7. The Morgan fingerprint density at radius 1 is 0.339 bits per heavy atom. The van der Waals surface area contributed by atoms with E-state index in [-0.39, 0.29) is 31.1 Å². The number of unbranched alkanes of at least 4 members (excludes halogenated alkanes) is 26. The van der Waals surface area contributed by atoms with Crippen LogP contribution < -0.4 is 0 Å². The van der Waals surface area contributed by atoms with Crippen molar-refractivity contribution in [3.63, 3.8) is 0 Å². The first-order valence-electron chi connectivity index (χ1n) is 25.1. The summed E-state index contributed by atoms with van der Waals surface area (Å²) in [6.45, 7) is 6.56. The van der Waals surface area contributed by atoms with Crippen molar-refractivity contribution in [3.05, 3.63) is 48.6 Å². The Morgan fingerprint density at radius 2 is 0.610 bits per heavy atom. The first-order chi connectivity index (χ1) is 29.0.